The van der Waals surface area contributed by atoms with Crippen LogP contribution >= 0.6 is 6.64 Å². The molecule has 0 aliphatic carbocycles. The summed E-state index contributed by atoms with van der Waals surface area (Å²) in [5, 5.41) is 13.8. The summed E-state index contributed by atoms with van der Waals surface area (Å²) < 4.78 is 45.6. The highest BCUT2D eigenvalue weighted by Crippen LogP contribution is 2.48. The fraction of sp³-hybridized carbons (Fsp3) is 0.500. The predicted octanol–water partition coefficient (Wildman–Crippen LogP) is 2.65. The van der Waals surface area contributed by atoms with E-state index in [0.717, 1.165) is 0 Å². The molecule has 40 heavy (non-hydrogen) atoms. The van der Waals surface area contributed by atoms with Crippen LogP contribution < -0.4 is 20.1 Å². The van der Waals surface area contributed by atoms with Crippen LogP contribution in [0.1, 0.15) is 33.9 Å². The number of halogens is 1. The topological polar surface area (TPSA) is 165 Å². The number of fused-ring (bicyclic) bond motifs is 1. The first kappa shape index (κ1) is 30.0. The number of rotatable bonds is 11. The summed E-state index contributed by atoms with van der Waals surface area (Å²) in [4.78, 5) is 24.8. The number of nitrogen functional groups attached to an aromatic ring is 1. The minimum absolute atomic E-state index is 0.107. The van der Waals surface area contributed by atoms with Crippen LogP contribution in [0.15, 0.2) is 36.7 Å². The number of benzene rings is 1. The monoisotopic (exact) mass is 598 g/mol. The van der Waals surface area contributed by atoms with Gasteiger partial charge in [0.1, 0.15) is 24.0 Å². The highest BCUT2D eigenvalue weighted by atomic mass is 32.5. The molecule has 0 saturated carbocycles. The van der Waals surface area contributed by atoms with Gasteiger partial charge < -0.3 is 34.1 Å². The van der Waals surface area contributed by atoms with E-state index in [0.29, 0.717) is 5.75 Å². The van der Waals surface area contributed by atoms with Gasteiger partial charge in [-0.2, -0.15) is 9.97 Å². The molecule has 13 nitrogen and oxygen atoms in total. The predicted molar refractivity (Wildman–Crippen MR) is 147 cm³/mol. The molecule has 4 N–H and O–H groups in total. The van der Waals surface area contributed by atoms with Gasteiger partial charge in [0, 0.05) is 0 Å². The van der Waals surface area contributed by atoms with E-state index in [9.17, 15) is 9.90 Å². The molecule has 0 spiro atoms. The molecule has 6 atom stereocenters. The third-order valence-corrected chi connectivity index (χ3v) is 8.50. The van der Waals surface area contributed by atoms with Crippen LogP contribution in [0.4, 0.5) is 10.3 Å². The second-order valence-corrected chi connectivity index (χ2v) is 12.7. The van der Waals surface area contributed by atoms with Gasteiger partial charge in [0.15, 0.2) is 23.1 Å². The van der Waals surface area contributed by atoms with Crippen molar-refractivity contribution in [1.82, 2.24) is 24.6 Å². The number of hydrogen-bond acceptors (Lipinski definition) is 12. The van der Waals surface area contributed by atoms with Gasteiger partial charge in [-0.15, -0.1) is 0 Å². The van der Waals surface area contributed by atoms with Crippen LogP contribution in [0.2, 0.25) is 0 Å². The third-order valence-electron chi connectivity index (χ3n) is 6.00. The van der Waals surface area contributed by atoms with E-state index in [1.807, 2.05) is 0 Å². The summed E-state index contributed by atoms with van der Waals surface area (Å²) in [6, 6.07) is 7.74. The largest absolute Gasteiger partial charge is 0.479 e. The molecule has 16 heteroatoms. The van der Waals surface area contributed by atoms with Crippen molar-refractivity contribution in [3.8, 4) is 11.6 Å². The number of imidazole rings is 1. The van der Waals surface area contributed by atoms with Gasteiger partial charge >= 0.3 is 12.6 Å². The number of methoxy groups -OCH3 is 1. The Morgan fingerprint density at radius 3 is 2.67 bits per heavy atom. The van der Waals surface area contributed by atoms with E-state index >= 15 is 4.39 Å². The second kappa shape index (κ2) is 11.9. The van der Waals surface area contributed by atoms with Gasteiger partial charge in [-0.1, -0.05) is 18.2 Å². The molecular weight excluding hydrogens is 566 g/mol. The SMILES string of the molecule is COc1nc(N)nc2c1ncn2C1O[C@H](CO[P@](=S)(NC(C)C(=O)OC(C)C)Oc2ccccc2)[C@@H](O)[C@@]1(C)F. The van der Waals surface area contributed by atoms with Crippen LogP contribution in [-0.2, 0) is 30.6 Å². The molecule has 3 aromatic rings. The molecule has 0 radical (unpaired) electrons. The maximum Gasteiger partial charge on any atom is 0.323 e. The number of esters is 1. The van der Waals surface area contributed by atoms with E-state index < -0.39 is 42.8 Å². The van der Waals surface area contributed by atoms with E-state index in [1.54, 1.807) is 51.1 Å². The Morgan fingerprint density at radius 2 is 2.02 bits per heavy atom. The molecule has 3 heterocycles. The van der Waals surface area contributed by atoms with Gasteiger partial charge in [-0.25, -0.2) is 14.5 Å². The summed E-state index contributed by atoms with van der Waals surface area (Å²) in [5.74, 6) is -0.170. The molecule has 0 bridgehead atoms. The Balaban J connectivity index is 1.56. The van der Waals surface area contributed by atoms with E-state index in [4.69, 9.17) is 40.8 Å². The van der Waals surface area contributed by atoms with Crippen LogP contribution in [0.3, 0.4) is 0 Å². The van der Waals surface area contributed by atoms with Crippen molar-refractivity contribution < 1.29 is 37.5 Å². The number of ether oxygens (including phenoxy) is 3. The molecule has 218 valence electrons. The third kappa shape index (κ3) is 6.35. The first-order valence-electron chi connectivity index (χ1n) is 12.4. The lowest BCUT2D eigenvalue weighted by atomic mass is 9.98. The number of carbonyl (C=O) groups is 1. The standard InChI is InChI=1S/C24H32FN6O7PS/c1-13(2)36-21(33)14(3)30-39(40,38-15-9-7-6-8-10-15)35-11-16-18(32)24(4,25)22(37-16)31-12-27-17-19(31)28-23(26)29-20(17)34-5/h6-10,12-14,16,18,22,32H,11H2,1-5H3,(H,30,40)(H2,26,28,29)/t14?,16-,18-,22?,24-,39-/m1/s1. The molecule has 4 rings (SSSR count). The number of aliphatic hydroxyl groups excluding tert-OH is 1. The number of aromatic nitrogens is 4. The Labute approximate surface area is 235 Å². The summed E-state index contributed by atoms with van der Waals surface area (Å²) in [7, 11) is 1.39. The van der Waals surface area contributed by atoms with Crippen molar-refractivity contribution in [1.29, 1.82) is 0 Å². The van der Waals surface area contributed by atoms with Gasteiger partial charge in [0.05, 0.1) is 26.1 Å². The fourth-order valence-corrected chi connectivity index (χ4v) is 6.49. The number of hydrogen-bond donors (Lipinski definition) is 3. The quantitative estimate of drug-likeness (QED) is 0.218. The summed E-state index contributed by atoms with van der Waals surface area (Å²) in [5.41, 5.74) is 3.88. The van der Waals surface area contributed by atoms with Crippen LogP contribution in [-0.4, -0.2) is 74.3 Å². The molecule has 0 amide bonds. The first-order chi connectivity index (χ1) is 18.8. The minimum atomic E-state index is -3.46. The molecule has 1 aromatic carbocycles. The highest BCUT2D eigenvalue weighted by molar-refractivity contribution is 8.09. The second-order valence-electron chi connectivity index (χ2n) is 9.57. The van der Waals surface area contributed by atoms with Crippen LogP contribution in [0.25, 0.3) is 11.2 Å². The van der Waals surface area contributed by atoms with Crippen molar-refractivity contribution in [2.24, 2.45) is 0 Å². The van der Waals surface area contributed by atoms with Crippen LogP contribution in [0.5, 0.6) is 11.6 Å². The number of nitrogens with one attached hydrogen (secondary N) is 1. The van der Waals surface area contributed by atoms with Gasteiger partial charge in [0.25, 0.3) is 0 Å². The number of anilines is 1. The summed E-state index contributed by atoms with van der Waals surface area (Å²) in [6.45, 7) is 2.37. The van der Waals surface area contributed by atoms with Crippen molar-refractivity contribution in [2.45, 2.75) is 63.9 Å². The molecule has 1 saturated heterocycles. The van der Waals surface area contributed by atoms with Crippen molar-refractivity contribution >= 4 is 41.5 Å². The molecule has 1 fully saturated rings. The maximum atomic E-state index is 16.0. The first-order valence-corrected chi connectivity index (χ1v) is 15.0. The summed E-state index contributed by atoms with van der Waals surface area (Å²) >= 11 is 5.69. The lowest BCUT2D eigenvalue weighted by Crippen LogP contribution is -2.41. The average molecular weight is 599 g/mol. The Bertz CT molecular complexity index is 1390. The lowest BCUT2D eigenvalue weighted by molar-refractivity contribution is -0.149. The van der Waals surface area contributed by atoms with Crippen LogP contribution in [0, 0.1) is 0 Å². The zero-order valence-electron chi connectivity index (χ0n) is 22.6. The molecule has 1 aliphatic heterocycles. The van der Waals surface area contributed by atoms with Gasteiger partial charge in [0.2, 0.25) is 11.8 Å². The number of carbonyl (C=O) groups excluding carboxylic acids is 1. The molecule has 1 aliphatic rings. The number of nitrogens with zero attached hydrogens (tertiary/aromatic N) is 4. The maximum absolute atomic E-state index is 16.0. The average Bonchev–Trinajstić information content (AvgIpc) is 3.40. The smallest absolute Gasteiger partial charge is 0.323 e. The Kier molecular flexibility index (Phi) is 8.93. The molecule has 2 aromatic heterocycles. The highest BCUT2D eigenvalue weighted by Gasteiger charge is 2.56. The number of nitrogens with two attached hydrogens (primary N) is 1. The zero-order chi connectivity index (χ0) is 29.2. The van der Waals surface area contributed by atoms with E-state index in [1.165, 1.54) is 24.9 Å². The zero-order valence-corrected chi connectivity index (χ0v) is 24.3. The van der Waals surface area contributed by atoms with Gasteiger partial charge in [-0.05, 0) is 51.6 Å². The normalized spacial score (nSPS) is 25.1. The number of aliphatic hydroxyl groups is 1. The Hall–Kier alpha value is -2.94. The van der Waals surface area contributed by atoms with Gasteiger partial charge in [-0.3, -0.25) is 9.36 Å². The lowest BCUT2D eigenvalue weighted by Gasteiger charge is -2.28. The van der Waals surface area contributed by atoms with Crippen molar-refractivity contribution in [3.05, 3.63) is 36.7 Å². The van der Waals surface area contributed by atoms with E-state index in [-0.39, 0.29) is 35.7 Å². The van der Waals surface area contributed by atoms with Crippen molar-refractivity contribution in [2.75, 3.05) is 19.5 Å². The Morgan fingerprint density at radius 1 is 1.32 bits per heavy atom. The number of alkyl halides is 1. The van der Waals surface area contributed by atoms with E-state index in [2.05, 4.69) is 20.0 Å². The summed E-state index contributed by atoms with van der Waals surface area (Å²) in [6.07, 6.45) is -3.22. The van der Waals surface area contributed by atoms with Crippen molar-refractivity contribution in [3.63, 3.8) is 0 Å². The minimum Gasteiger partial charge on any atom is -0.479 e. The number of para-hydroxylation sites is 1. The molecular formula is C24H32FN6O7PS. The fourth-order valence-electron chi connectivity index (χ4n) is 4.08. The molecule has 2 unspecified atom stereocenters.